The molecule has 0 bridgehead atoms. The molecule has 0 spiro atoms. The Morgan fingerprint density at radius 3 is 2.29 bits per heavy atom. The van der Waals surface area contributed by atoms with Crippen LogP contribution in [0.5, 0.6) is 0 Å². The number of rotatable bonds is 2. The first-order valence-corrected chi connectivity index (χ1v) is 6.10. The van der Waals surface area contributed by atoms with E-state index < -0.39 is 0 Å². The standard InChI is InChI=1S/C9H9N3OS4/c13-7(11-12-9(16)17)5-3-1-2-4-6(5)10-8(14)15/h1-4H,(H,11,13)(H2,10,14,15)(H2,12,16,17). The van der Waals surface area contributed by atoms with Gasteiger partial charge in [-0.1, -0.05) is 36.6 Å². The summed E-state index contributed by atoms with van der Waals surface area (Å²) in [6, 6.07) is 6.88. The zero-order valence-electron chi connectivity index (χ0n) is 8.43. The minimum Gasteiger partial charge on any atom is -0.341 e. The molecule has 1 aromatic carbocycles. The molecule has 0 fully saturated rings. The molecular weight excluding hydrogens is 294 g/mol. The molecule has 0 saturated heterocycles. The topological polar surface area (TPSA) is 53.2 Å². The first kappa shape index (κ1) is 14.2. The maximum Gasteiger partial charge on any atom is 0.271 e. The lowest BCUT2D eigenvalue weighted by atomic mass is 10.1. The third-order valence-electron chi connectivity index (χ3n) is 1.70. The van der Waals surface area contributed by atoms with E-state index in [2.05, 4.69) is 53.6 Å². The second-order valence-corrected chi connectivity index (χ2v) is 5.18. The van der Waals surface area contributed by atoms with Crippen LogP contribution in [0.2, 0.25) is 0 Å². The minimum absolute atomic E-state index is 0.175. The lowest BCUT2D eigenvalue weighted by Gasteiger charge is -2.11. The van der Waals surface area contributed by atoms with Gasteiger partial charge in [-0.15, -0.1) is 25.3 Å². The first-order chi connectivity index (χ1) is 8.00. The number of nitrogens with one attached hydrogen (secondary N) is 3. The summed E-state index contributed by atoms with van der Waals surface area (Å²) in [7, 11) is 0. The highest BCUT2D eigenvalue weighted by Crippen LogP contribution is 2.15. The summed E-state index contributed by atoms with van der Waals surface area (Å²) in [4.78, 5) is 11.8. The highest BCUT2D eigenvalue weighted by Gasteiger charge is 2.10. The largest absolute Gasteiger partial charge is 0.341 e. The van der Waals surface area contributed by atoms with Crippen LogP contribution in [0.3, 0.4) is 0 Å². The second kappa shape index (κ2) is 6.80. The molecule has 90 valence electrons. The Balaban J connectivity index is 2.85. The van der Waals surface area contributed by atoms with E-state index in [1.807, 2.05) is 0 Å². The van der Waals surface area contributed by atoms with E-state index in [4.69, 9.17) is 12.2 Å². The van der Waals surface area contributed by atoms with Crippen molar-refractivity contribution >= 4 is 69.9 Å². The quantitative estimate of drug-likeness (QED) is 0.327. The lowest BCUT2D eigenvalue weighted by Crippen LogP contribution is -2.39. The summed E-state index contributed by atoms with van der Waals surface area (Å²) in [6.45, 7) is 0. The Kier molecular flexibility index (Phi) is 5.69. The normalized spacial score (nSPS) is 9.29. The molecule has 1 aromatic rings. The fourth-order valence-electron chi connectivity index (χ4n) is 1.08. The molecule has 0 unspecified atom stereocenters. The molecule has 8 heteroatoms. The molecule has 0 atom stereocenters. The molecule has 0 aliphatic heterocycles. The number of carbonyl (C=O) groups excluding carboxylic acids is 1. The van der Waals surface area contributed by atoms with Gasteiger partial charge in [0, 0.05) is 0 Å². The van der Waals surface area contributed by atoms with Crippen molar-refractivity contribution in [2.75, 3.05) is 5.32 Å². The van der Waals surface area contributed by atoms with E-state index in [-0.39, 0.29) is 14.5 Å². The predicted octanol–water partition coefficient (Wildman–Crippen LogP) is 1.76. The van der Waals surface area contributed by atoms with Gasteiger partial charge in [-0.05, 0) is 12.1 Å². The lowest BCUT2D eigenvalue weighted by molar-refractivity contribution is 0.0945. The number of hydrazine groups is 1. The van der Waals surface area contributed by atoms with Crippen LogP contribution in [0.25, 0.3) is 0 Å². The van der Waals surface area contributed by atoms with Gasteiger partial charge >= 0.3 is 0 Å². The molecule has 1 rings (SSSR count). The molecule has 1 amide bonds. The fraction of sp³-hybridized carbons (Fsp3) is 0. The highest BCUT2D eigenvalue weighted by atomic mass is 32.1. The average molecular weight is 303 g/mol. The molecule has 17 heavy (non-hydrogen) atoms. The maximum absolute atomic E-state index is 11.8. The molecule has 3 N–H and O–H groups in total. The molecular formula is C9H9N3OS4. The van der Waals surface area contributed by atoms with Crippen LogP contribution in [-0.4, -0.2) is 14.5 Å². The summed E-state index contributed by atoms with van der Waals surface area (Å²) in [5.41, 5.74) is 5.82. The first-order valence-electron chi connectivity index (χ1n) is 4.39. The Morgan fingerprint density at radius 2 is 1.71 bits per heavy atom. The summed E-state index contributed by atoms with van der Waals surface area (Å²) in [5.74, 6) is -0.353. The highest BCUT2D eigenvalue weighted by molar-refractivity contribution is 8.11. The number of para-hydroxylation sites is 1. The summed E-state index contributed by atoms with van der Waals surface area (Å²) in [6.07, 6.45) is 0. The molecule has 0 aromatic heterocycles. The number of hydrogen-bond donors (Lipinski definition) is 5. The number of benzene rings is 1. The SMILES string of the molecule is O=C(NNC(=S)S)c1ccccc1NC(=S)S. The predicted molar refractivity (Wildman–Crippen MR) is 83.8 cm³/mol. The van der Waals surface area contributed by atoms with E-state index in [1.165, 1.54) is 0 Å². The van der Waals surface area contributed by atoms with Gasteiger partial charge in [0.1, 0.15) is 8.64 Å². The van der Waals surface area contributed by atoms with Gasteiger partial charge in [-0.25, -0.2) is 0 Å². The molecule has 0 aliphatic carbocycles. The molecule has 0 saturated carbocycles. The number of anilines is 1. The van der Waals surface area contributed by atoms with Crippen LogP contribution in [0.4, 0.5) is 5.69 Å². The third-order valence-corrected chi connectivity index (χ3v) is 2.12. The number of thiol groups is 2. The average Bonchev–Trinajstić information content (AvgIpc) is 2.25. The summed E-state index contributed by atoms with van der Waals surface area (Å²) < 4.78 is 0.455. The van der Waals surface area contributed by atoms with E-state index in [9.17, 15) is 4.79 Å². The Hall–Kier alpha value is -0.830. The van der Waals surface area contributed by atoms with E-state index in [0.29, 0.717) is 11.3 Å². The van der Waals surface area contributed by atoms with Crippen molar-refractivity contribution in [1.29, 1.82) is 0 Å². The van der Waals surface area contributed by atoms with Crippen LogP contribution in [0.1, 0.15) is 10.4 Å². The zero-order valence-corrected chi connectivity index (χ0v) is 11.9. The summed E-state index contributed by atoms with van der Waals surface area (Å²) in [5, 5.41) is 2.80. The Bertz CT molecular complexity index is 463. The van der Waals surface area contributed by atoms with Crippen LogP contribution in [0, 0.1) is 0 Å². The van der Waals surface area contributed by atoms with Gasteiger partial charge in [0.2, 0.25) is 0 Å². The van der Waals surface area contributed by atoms with Crippen LogP contribution in [0.15, 0.2) is 24.3 Å². The van der Waals surface area contributed by atoms with Gasteiger partial charge in [0.25, 0.3) is 5.91 Å². The molecule has 4 nitrogen and oxygen atoms in total. The van der Waals surface area contributed by atoms with Gasteiger partial charge in [0.05, 0.1) is 11.3 Å². The van der Waals surface area contributed by atoms with Gasteiger partial charge in [-0.2, -0.15) is 0 Å². The van der Waals surface area contributed by atoms with Gasteiger partial charge < -0.3 is 5.32 Å². The number of amides is 1. The number of thiocarbonyl (C=S) groups is 2. The van der Waals surface area contributed by atoms with Crippen molar-refractivity contribution in [3.63, 3.8) is 0 Å². The minimum atomic E-state index is -0.353. The van der Waals surface area contributed by atoms with Crippen molar-refractivity contribution in [3.05, 3.63) is 29.8 Å². The summed E-state index contributed by atoms with van der Waals surface area (Å²) >= 11 is 17.2. The van der Waals surface area contributed by atoms with Crippen LogP contribution in [-0.2, 0) is 0 Å². The van der Waals surface area contributed by atoms with Gasteiger partial charge in [-0.3, -0.25) is 15.6 Å². The van der Waals surface area contributed by atoms with E-state index in [1.54, 1.807) is 24.3 Å². The van der Waals surface area contributed by atoms with Gasteiger partial charge in [0.15, 0.2) is 0 Å². The second-order valence-electron chi connectivity index (χ2n) is 2.86. The van der Waals surface area contributed by atoms with Crippen molar-refractivity contribution in [2.45, 2.75) is 0 Å². The molecule has 0 radical (unpaired) electrons. The molecule has 0 heterocycles. The van der Waals surface area contributed by atoms with Crippen LogP contribution >= 0.6 is 49.7 Å². The Labute approximate surface area is 120 Å². The number of hydrogen-bond acceptors (Lipinski definition) is 3. The third kappa shape index (κ3) is 4.90. The van der Waals surface area contributed by atoms with Crippen molar-refractivity contribution < 1.29 is 4.79 Å². The van der Waals surface area contributed by atoms with E-state index in [0.717, 1.165) is 0 Å². The Morgan fingerprint density at radius 1 is 1.06 bits per heavy atom. The molecule has 0 aliphatic rings. The maximum atomic E-state index is 11.8. The fourth-order valence-corrected chi connectivity index (χ4v) is 1.42. The number of carbonyl (C=O) groups is 1. The zero-order chi connectivity index (χ0) is 12.8. The smallest absolute Gasteiger partial charge is 0.271 e. The van der Waals surface area contributed by atoms with Crippen molar-refractivity contribution in [1.82, 2.24) is 10.9 Å². The van der Waals surface area contributed by atoms with Crippen LogP contribution < -0.4 is 16.2 Å². The van der Waals surface area contributed by atoms with E-state index >= 15 is 0 Å². The monoisotopic (exact) mass is 303 g/mol. The van der Waals surface area contributed by atoms with Crippen molar-refractivity contribution in [2.24, 2.45) is 0 Å². The van der Waals surface area contributed by atoms with Crippen molar-refractivity contribution in [3.8, 4) is 0 Å².